The highest BCUT2D eigenvalue weighted by atomic mass is 32.1. The molecule has 1 saturated carbocycles. The van der Waals surface area contributed by atoms with Crippen LogP contribution in [0.3, 0.4) is 0 Å². The van der Waals surface area contributed by atoms with Crippen molar-refractivity contribution in [2.45, 2.75) is 44.3 Å². The van der Waals surface area contributed by atoms with Crippen LogP contribution in [0.5, 0.6) is 0 Å². The van der Waals surface area contributed by atoms with Crippen LogP contribution in [0.1, 0.15) is 48.2 Å². The first-order valence-corrected chi connectivity index (χ1v) is 9.57. The van der Waals surface area contributed by atoms with Gasteiger partial charge in [-0.25, -0.2) is 9.36 Å². The van der Waals surface area contributed by atoms with E-state index >= 15 is 0 Å². The summed E-state index contributed by atoms with van der Waals surface area (Å²) in [6, 6.07) is 5.83. The molecule has 0 aromatic carbocycles. The Balaban J connectivity index is 1.66. The van der Waals surface area contributed by atoms with Crippen molar-refractivity contribution in [2.24, 2.45) is 0 Å². The fourth-order valence-corrected chi connectivity index (χ4v) is 4.39. The van der Waals surface area contributed by atoms with Gasteiger partial charge in [-0.1, -0.05) is 6.07 Å². The van der Waals surface area contributed by atoms with E-state index in [0.717, 1.165) is 35.1 Å². The van der Waals surface area contributed by atoms with E-state index in [0.29, 0.717) is 6.54 Å². The highest BCUT2D eigenvalue weighted by Gasteiger charge is 2.32. The lowest BCUT2D eigenvalue weighted by Gasteiger charge is -2.24. The standard InChI is InChI=1S/C18H18N4O3S/c19-9-12-10-21(13-5-6-13)18(25)22(17(12)24)11-16(23)20-7-1-3-14(20)15-4-2-8-26-15/h2,4,8,10,13-14H,1,3,5-7,11H2/t14-/m1/s1. The Labute approximate surface area is 153 Å². The minimum absolute atomic E-state index is 0.00279. The molecule has 26 heavy (non-hydrogen) atoms. The van der Waals surface area contributed by atoms with Gasteiger partial charge in [-0.3, -0.25) is 14.2 Å². The fourth-order valence-electron chi connectivity index (χ4n) is 3.52. The minimum atomic E-state index is -0.686. The van der Waals surface area contributed by atoms with Gasteiger partial charge in [0.2, 0.25) is 5.91 Å². The lowest BCUT2D eigenvalue weighted by Crippen LogP contribution is -2.45. The quantitative estimate of drug-likeness (QED) is 0.818. The highest BCUT2D eigenvalue weighted by Crippen LogP contribution is 2.35. The first-order chi connectivity index (χ1) is 12.6. The number of aromatic nitrogens is 2. The van der Waals surface area contributed by atoms with Crippen molar-refractivity contribution in [3.05, 3.63) is 55.0 Å². The molecule has 2 aromatic rings. The molecule has 1 saturated heterocycles. The Morgan fingerprint density at radius 1 is 1.31 bits per heavy atom. The average molecular weight is 370 g/mol. The summed E-state index contributed by atoms with van der Waals surface area (Å²) in [5.74, 6) is -0.252. The summed E-state index contributed by atoms with van der Waals surface area (Å²) >= 11 is 1.60. The number of hydrogen-bond donors (Lipinski definition) is 0. The number of carbonyl (C=O) groups excluding carboxylic acids is 1. The molecule has 0 unspecified atom stereocenters. The predicted molar refractivity (Wildman–Crippen MR) is 96.0 cm³/mol. The second-order valence-corrected chi connectivity index (χ2v) is 7.71. The third-order valence-corrected chi connectivity index (χ3v) is 5.97. The Morgan fingerprint density at radius 2 is 2.12 bits per heavy atom. The fraction of sp³-hybridized carbons (Fsp3) is 0.444. The number of nitriles is 1. The highest BCUT2D eigenvalue weighted by molar-refractivity contribution is 7.10. The maximum atomic E-state index is 12.9. The molecular weight excluding hydrogens is 352 g/mol. The normalized spacial score (nSPS) is 19.5. The molecule has 0 bridgehead atoms. The van der Waals surface area contributed by atoms with Crippen molar-refractivity contribution in [1.82, 2.24) is 14.0 Å². The minimum Gasteiger partial charge on any atom is -0.333 e. The SMILES string of the molecule is N#Cc1cn(C2CC2)c(=O)n(CC(=O)N2CCC[C@@H]2c2cccs2)c1=O. The molecule has 0 N–H and O–H groups in total. The van der Waals surface area contributed by atoms with E-state index in [9.17, 15) is 19.6 Å². The molecule has 7 nitrogen and oxygen atoms in total. The first-order valence-electron chi connectivity index (χ1n) is 8.69. The van der Waals surface area contributed by atoms with Gasteiger partial charge in [0.1, 0.15) is 18.2 Å². The van der Waals surface area contributed by atoms with E-state index in [1.165, 1.54) is 10.8 Å². The monoisotopic (exact) mass is 370 g/mol. The summed E-state index contributed by atoms with van der Waals surface area (Å²) < 4.78 is 2.34. The van der Waals surface area contributed by atoms with Crippen LogP contribution in [0.2, 0.25) is 0 Å². The van der Waals surface area contributed by atoms with E-state index < -0.39 is 11.2 Å². The summed E-state index contributed by atoms with van der Waals surface area (Å²) in [4.78, 5) is 40.8. The Bertz CT molecular complexity index is 995. The van der Waals surface area contributed by atoms with Crippen LogP contribution in [-0.4, -0.2) is 26.5 Å². The van der Waals surface area contributed by atoms with Gasteiger partial charge in [0.05, 0.1) is 6.04 Å². The molecule has 1 aliphatic heterocycles. The Hall–Kier alpha value is -2.66. The van der Waals surface area contributed by atoms with Crippen molar-refractivity contribution in [3.63, 3.8) is 0 Å². The van der Waals surface area contributed by atoms with Crippen molar-refractivity contribution < 1.29 is 4.79 Å². The number of likely N-dealkylation sites (tertiary alicyclic amines) is 1. The van der Waals surface area contributed by atoms with Crippen LogP contribution in [-0.2, 0) is 11.3 Å². The van der Waals surface area contributed by atoms with Crippen molar-refractivity contribution in [1.29, 1.82) is 5.26 Å². The second-order valence-electron chi connectivity index (χ2n) is 6.73. The van der Waals surface area contributed by atoms with Crippen LogP contribution in [0.15, 0.2) is 33.3 Å². The zero-order valence-electron chi connectivity index (χ0n) is 14.1. The van der Waals surface area contributed by atoms with Crippen molar-refractivity contribution in [3.8, 4) is 6.07 Å². The van der Waals surface area contributed by atoms with Gasteiger partial charge >= 0.3 is 5.69 Å². The van der Waals surface area contributed by atoms with Crippen LogP contribution in [0, 0.1) is 11.3 Å². The molecule has 0 radical (unpaired) electrons. The average Bonchev–Trinajstić information content (AvgIpc) is 3.12. The van der Waals surface area contributed by atoms with Gasteiger partial charge in [-0.05, 0) is 37.1 Å². The topological polar surface area (TPSA) is 88.1 Å². The molecule has 0 spiro atoms. The third-order valence-electron chi connectivity index (χ3n) is 4.99. The van der Waals surface area contributed by atoms with Crippen LogP contribution >= 0.6 is 11.3 Å². The second kappa shape index (κ2) is 6.57. The van der Waals surface area contributed by atoms with Gasteiger partial charge < -0.3 is 4.90 Å². The first kappa shape index (κ1) is 16.8. The smallest absolute Gasteiger partial charge is 0.331 e. The molecule has 2 aliphatic rings. The van der Waals surface area contributed by atoms with E-state index in [4.69, 9.17) is 0 Å². The largest absolute Gasteiger partial charge is 0.333 e. The predicted octanol–water partition coefficient (Wildman–Crippen LogP) is 1.64. The molecule has 2 fully saturated rings. The number of hydrogen-bond acceptors (Lipinski definition) is 5. The Morgan fingerprint density at radius 3 is 2.77 bits per heavy atom. The van der Waals surface area contributed by atoms with Crippen molar-refractivity contribution >= 4 is 17.2 Å². The molecule has 1 aliphatic carbocycles. The van der Waals surface area contributed by atoms with Crippen LogP contribution in [0.4, 0.5) is 0 Å². The Kier molecular flexibility index (Phi) is 4.24. The summed E-state index contributed by atoms with van der Waals surface area (Å²) in [7, 11) is 0. The molecule has 134 valence electrons. The third kappa shape index (κ3) is 2.88. The van der Waals surface area contributed by atoms with Gasteiger partial charge in [-0.15, -0.1) is 11.3 Å². The van der Waals surface area contributed by atoms with Gasteiger partial charge in [0, 0.05) is 23.7 Å². The van der Waals surface area contributed by atoms with Crippen LogP contribution in [0.25, 0.3) is 0 Å². The van der Waals surface area contributed by atoms with Gasteiger partial charge in [-0.2, -0.15) is 5.26 Å². The number of rotatable bonds is 4. The zero-order chi connectivity index (χ0) is 18.3. The molecule has 8 heteroatoms. The van der Waals surface area contributed by atoms with E-state index in [2.05, 4.69) is 0 Å². The van der Waals surface area contributed by atoms with E-state index in [-0.39, 0.29) is 30.1 Å². The van der Waals surface area contributed by atoms with Crippen LogP contribution < -0.4 is 11.2 Å². The molecule has 2 aromatic heterocycles. The molecule has 4 rings (SSSR count). The van der Waals surface area contributed by atoms with Gasteiger partial charge in [0.15, 0.2) is 0 Å². The number of amides is 1. The lowest BCUT2D eigenvalue weighted by molar-refractivity contribution is -0.132. The lowest BCUT2D eigenvalue weighted by atomic mass is 10.2. The zero-order valence-corrected chi connectivity index (χ0v) is 14.9. The van der Waals surface area contributed by atoms with Gasteiger partial charge in [0.25, 0.3) is 5.56 Å². The maximum Gasteiger partial charge on any atom is 0.331 e. The van der Waals surface area contributed by atoms with E-state index in [1.54, 1.807) is 16.2 Å². The summed E-state index contributed by atoms with van der Waals surface area (Å²) in [6.45, 7) is 0.298. The molecule has 3 heterocycles. The summed E-state index contributed by atoms with van der Waals surface area (Å²) in [5, 5.41) is 11.2. The summed E-state index contributed by atoms with van der Waals surface area (Å²) in [5.41, 5.74) is -1.29. The molecule has 1 amide bonds. The summed E-state index contributed by atoms with van der Waals surface area (Å²) in [6.07, 6.45) is 4.81. The molecular formula is C18H18N4O3S. The van der Waals surface area contributed by atoms with E-state index in [1.807, 2.05) is 23.6 Å². The number of nitrogens with zero attached hydrogens (tertiary/aromatic N) is 4. The maximum absolute atomic E-state index is 12.9. The number of carbonyl (C=O) groups is 1. The molecule has 1 atom stereocenters. The van der Waals surface area contributed by atoms with Crippen molar-refractivity contribution in [2.75, 3.05) is 6.54 Å². The number of thiophene rings is 1.